The summed E-state index contributed by atoms with van der Waals surface area (Å²) in [4.78, 5) is 41.9. The van der Waals surface area contributed by atoms with Gasteiger partial charge in [0.25, 0.3) is 0 Å². The Labute approximate surface area is 215 Å². The van der Waals surface area contributed by atoms with Crippen LogP contribution in [0.2, 0.25) is 0 Å². The number of nitrogens with two attached hydrogens (primary N) is 1. The number of amidine groups is 1. The van der Waals surface area contributed by atoms with Gasteiger partial charge in [0.2, 0.25) is 11.8 Å². The first kappa shape index (κ1) is 27.2. The molecule has 0 saturated carbocycles. The molecule has 1 aromatic carbocycles. The van der Waals surface area contributed by atoms with E-state index in [2.05, 4.69) is 10.6 Å². The van der Waals surface area contributed by atoms with Crippen molar-refractivity contribution in [3.05, 3.63) is 57.8 Å². The first-order valence-corrected chi connectivity index (χ1v) is 12.8. The van der Waals surface area contributed by atoms with Crippen molar-refractivity contribution < 1.29 is 19.1 Å². The number of nitrogens with one attached hydrogen (secondary N) is 3. The number of carbonyl (C=O) groups excluding carboxylic acids is 3. The summed E-state index contributed by atoms with van der Waals surface area (Å²) >= 11 is 1.33. The first-order valence-electron chi connectivity index (χ1n) is 12.0. The van der Waals surface area contributed by atoms with Gasteiger partial charge < -0.3 is 21.1 Å². The Balaban J connectivity index is 1.67. The summed E-state index contributed by atoms with van der Waals surface area (Å²) in [6.07, 6.45) is 0.615. The summed E-state index contributed by atoms with van der Waals surface area (Å²) in [7, 11) is 0. The third-order valence-corrected chi connectivity index (χ3v) is 7.04. The van der Waals surface area contributed by atoms with Crippen LogP contribution in [0.15, 0.2) is 42.5 Å². The van der Waals surface area contributed by atoms with Gasteiger partial charge in [-0.05, 0) is 64.2 Å². The summed E-state index contributed by atoms with van der Waals surface area (Å²) < 4.78 is 5.56. The molecule has 194 valence electrons. The molecule has 2 heterocycles. The lowest BCUT2D eigenvalue weighted by Crippen LogP contribution is -2.57. The highest BCUT2D eigenvalue weighted by Gasteiger charge is 2.39. The third-order valence-electron chi connectivity index (χ3n) is 5.92. The molecule has 3 amide bonds. The van der Waals surface area contributed by atoms with E-state index in [0.717, 1.165) is 10.4 Å². The van der Waals surface area contributed by atoms with E-state index in [0.29, 0.717) is 24.3 Å². The number of rotatable bonds is 7. The lowest BCUT2D eigenvalue weighted by molar-refractivity contribution is -0.132. The molecule has 1 saturated heterocycles. The van der Waals surface area contributed by atoms with Crippen LogP contribution >= 0.6 is 11.3 Å². The standard InChI is InChI=1S/C26H35N5O4S/c1-16(23(32)29-15-19-10-11-21(36-19)22(27)28)30-24(33)20-14-18(17-8-6-5-7-9-17)12-13-31(20)25(34)35-26(2,3)4/h5-11,16,18,20H,12-15H2,1-4H3,(H3,27,28)(H,29,32)(H,30,33)/t16-,18-,20+/m0/s1. The van der Waals surface area contributed by atoms with Gasteiger partial charge in [-0.2, -0.15) is 0 Å². The topological polar surface area (TPSA) is 138 Å². The Morgan fingerprint density at radius 3 is 2.50 bits per heavy atom. The smallest absolute Gasteiger partial charge is 0.410 e. The lowest BCUT2D eigenvalue weighted by Gasteiger charge is -2.39. The average Bonchev–Trinajstić information content (AvgIpc) is 3.31. The number of likely N-dealkylation sites (tertiary alicyclic amines) is 1. The van der Waals surface area contributed by atoms with Crippen molar-refractivity contribution in [1.82, 2.24) is 15.5 Å². The Kier molecular flexibility index (Phi) is 8.73. The van der Waals surface area contributed by atoms with Crippen LogP contribution in [0.5, 0.6) is 0 Å². The van der Waals surface area contributed by atoms with Gasteiger partial charge in [0.05, 0.1) is 11.4 Å². The predicted octanol–water partition coefficient (Wildman–Crippen LogP) is 3.34. The van der Waals surface area contributed by atoms with Crippen LogP contribution in [-0.2, 0) is 20.9 Å². The van der Waals surface area contributed by atoms with E-state index < -0.39 is 23.8 Å². The molecule has 9 nitrogen and oxygen atoms in total. The number of nitrogen functional groups attached to an aromatic ring is 1. The van der Waals surface area contributed by atoms with E-state index in [-0.39, 0.29) is 30.1 Å². The van der Waals surface area contributed by atoms with E-state index in [1.807, 2.05) is 30.3 Å². The van der Waals surface area contributed by atoms with Crippen molar-refractivity contribution in [2.75, 3.05) is 6.54 Å². The molecule has 0 spiro atoms. The maximum Gasteiger partial charge on any atom is 0.410 e. The Bertz CT molecular complexity index is 1100. The van der Waals surface area contributed by atoms with Gasteiger partial charge in [-0.15, -0.1) is 11.3 Å². The molecule has 0 bridgehead atoms. The lowest BCUT2D eigenvalue weighted by atomic mass is 9.85. The van der Waals surface area contributed by atoms with E-state index in [1.54, 1.807) is 39.8 Å². The molecular formula is C26H35N5O4S. The number of carbonyl (C=O) groups is 3. The SMILES string of the molecule is C[C@H](NC(=O)[C@H]1C[C@@H](c2ccccc2)CCN1C(=O)OC(C)(C)C)C(=O)NCc1ccc(C(=N)N)s1. The Morgan fingerprint density at radius 2 is 1.89 bits per heavy atom. The van der Waals surface area contributed by atoms with Gasteiger partial charge >= 0.3 is 6.09 Å². The molecule has 3 atom stereocenters. The minimum absolute atomic E-state index is 0.0194. The van der Waals surface area contributed by atoms with Crippen molar-refractivity contribution in [2.24, 2.45) is 5.73 Å². The highest BCUT2D eigenvalue weighted by Crippen LogP contribution is 2.32. The molecule has 0 radical (unpaired) electrons. The number of hydrogen-bond acceptors (Lipinski definition) is 6. The van der Waals surface area contributed by atoms with Gasteiger partial charge in [-0.25, -0.2) is 4.79 Å². The van der Waals surface area contributed by atoms with E-state index in [9.17, 15) is 14.4 Å². The summed E-state index contributed by atoms with van der Waals surface area (Å²) in [6, 6.07) is 11.9. The van der Waals surface area contributed by atoms with Crippen molar-refractivity contribution >= 4 is 35.1 Å². The van der Waals surface area contributed by atoms with Crippen molar-refractivity contribution in [3.8, 4) is 0 Å². The van der Waals surface area contributed by atoms with Gasteiger partial charge in [-0.1, -0.05) is 30.3 Å². The number of nitrogens with zero attached hydrogens (tertiary/aromatic N) is 1. The summed E-state index contributed by atoms with van der Waals surface area (Å²) in [5.41, 5.74) is 5.92. The minimum atomic E-state index is -0.803. The molecule has 1 aromatic heterocycles. The molecule has 36 heavy (non-hydrogen) atoms. The predicted molar refractivity (Wildman–Crippen MR) is 140 cm³/mol. The first-order chi connectivity index (χ1) is 16.9. The zero-order valence-corrected chi connectivity index (χ0v) is 22.0. The fraction of sp³-hybridized carbons (Fsp3) is 0.462. The second-order valence-corrected chi connectivity index (χ2v) is 11.1. The van der Waals surface area contributed by atoms with E-state index in [1.165, 1.54) is 16.2 Å². The highest BCUT2D eigenvalue weighted by atomic mass is 32.1. The van der Waals surface area contributed by atoms with Crippen LogP contribution in [-0.4, -0.2) is 52.9 Å². The number of ether oxygens (including phenoxy) is 1. The molecule has 2 aromatic rings. The number of piperidine rings is 1. The molecule has 3 rings (SSSR count). The maximum absolute atomic E-state index is 13.3. The van der Waals surface area contributed by atoms with E-state index in [4.69, 9.17) is 15.9 Å². The second kappa shape index (κ2) is 11.6. The van der Waals surface area contributed by atoms with Crippen molar-refractivity contribution in [3.63, 3.8) is 0 Å². The molecular weight excluding hydrogens is 478 g/mol. The van der Waals surface area contributed by atoms with Crippen LogP contribution < -0.4 is 16.4 Å². The van der Waals surface area contributed by atoms with Gasteiger partial charge in [-0.3, -0.25) is 19.9 Å². The third kappa shape index (κ3) is 7.30. The zero-order valence-electron chi connectivity index (χ0n) is 21.2. The second-order valence-electron chi connectivity index (χ2n) is 9.95. The summed E-state index contributed by atoms with van der Waals surface area (Å²) in [5.74, 6) is -0.646. The molecule has 5 N–H and O–H groups in total. The van der Waals surface area contributed by atoms with E-state index >= 15 is 0 Å². The fourth-order valence-electron chi connectivity index (χ4n) is 4.10. The van der Waals surface area contributed by atoms with Crippen molar-refractivity contribution in [1.29, 1.82) is 5.41 Å². The van der Waals surface area contributed by atoms with Crippen LogP contribution in [0.3, 0.4) is 0 Å². The monoisotopic (exact) mass is 513 g/mol. The van der Waals surface area contributed by atoms with Gasteiger partial charge in [0.15, 0.2) is 0 Å². The van der Waals surface area contributed by atoms with Crippen LogP contribution in [0.1, 0.15) is 61.8 Å². The quantitative estimate of drug-likeness (QED) is 0.332. The Morgan fingerprint density at radius 1 is 1.19 bits per heavy atom. The largest absolute Gasteiger partial charge is 0.444 e. The zero-order chi connectivity index (χ0) is 26.5. The van der Waals surface area contributed by atoms with Gasteiger partial charge in [0.1, 0.15) is 23.5 Å². The average molecular weight is 514 g/mol. The fourth-order valence-corrected chi connectivity index (χ4v) is 4.91. The summed E-state index contributed by atoms with van der Waals surface area (Å²) in [5, 5.41) is 13.1. The van der Waals surface area contributed by atoms with Crippen LogP contribution in [0, 0.1) is 5.41 Å². The number of benzene rings is 1. The maximum atomic E-state index is 13.3. The number of hydrogen-bond donors (Lipinski definition) is 4. The molecule has 10 heteroatoms. The van der Waals surface area contributed by atoms with Crippen molar-refractivity contribution in [2.45, 2.75) is 70.7 Å². The Hall–Kier alpha value is -3.40. The van der Waals surface area contributed by atoms with Gasteiger partial charge in [0, 0.05) is 11.4 Å². The molecule has 1 aliphatic rings. The minimum Gasteiger partial charge on any atom is -0.444 e. The highest BCUT2D eigenvalue weighted by molar-refractivity contribution is 7.14. The normalized spacial score (nSPS) is 18.7. The number of amides is 3. The van der Waals surface area contributed by atoms with Crippen LogP contribution in [0.25, 0.3) is 0 Å². The number of thiophene rings is 1. The molecule has 0 unspecified atom stereocenters. The molecule has 1 aliphatic heterocycles. The molecule has 1 fully saturated rings. The van der Waals surface area contributed by atoms with Crippen LogP contribution in [0.4, 0.5) is 4.79 Å². The molecule has 0 aliphatic carbocycles. The summed E-state index contributed by atoms with van der Waals surface area (Å²) in [6.45, 7) is 7.62.